The second-order valence-electron chi connectivity index (χ2n) is 5.57. The Bertz CT molecular complexity index is 1060. The Balaban J connectivity index is 1.82. The van der Waals surface area contributed by atoms with Gasteiger partial charge in [-0.3, -0.25) is 0 Å². The Labute approximate surface area is 151 Å². The number of anilines is 1. The molecule has 0 aliphatic heterocycles. The van der Waals surface area contributed by atoms with Gasteiger partial charge in [-0.05, 0) is 23.8 Å². The molecule has 0 amide bonds. The number of hydrogen-bond acceptors (Lipinski definition) is 4. The van der Waals surface area contributed by atoms with Crippen LogP contribution < -0.4 is 5.73 Å². The molecule has 4 aromatic rings. The third kappa shape index (κ3) is 2.98. The summed E-state index contributed by atoms with van der Waals surface area (Å²) >= 11 is 3.44. The first-order chi connectivity index (χ1) is 12.1. The maximum atomic E-state index is 13.5. The van der Waals surface area contributed by atoms with Gasteiger partial charge in [0.2, 0.25) is 0 Å². The molecule has 2 N–H and O–H groups in total. The average molecular weight is 398 g/mol. The summed E-state index contributed by atoms with van der Waals surface area (Å²) in [6.45, 7) is 0.368. The Kier molecular flexibility index (Phi) is 3.93. The highest BCUT2D eigenvalue weighted by Gasteiger charge is 2.13. The maximum absolute atomic E-state index is 13.5. The zero-order valence-corrected chi connectivity index (χ0v) is 14.6. The average Bonchev–Trinajstić information content (AvgIpc) is 3.02. The fourth-order valence-corrected chi connectivity index (χ4v) is 3.01. The molecule has 4 rings (SSSR count). The van der Waals surface area contributed by atoms with E-state index in [-0.39, 0.29) is 5.82 Å². The van der Waals surface area contributed by atoms with Crippen LogP contribution in [0.4, 0.5) is 10.2 Å². The third-order valence-corrected chi connectivity index (χ3v) is 4.66. The monoisotopic (exact) mass is 397 g/mol. The second-order valence-corrected chi connectivity index (χ2v) is 6.43. The zero-order chi connectivity index (χ0) is 17.4. The molecule has 5 nitrogen and oxygen atoms in total. The zero-order valence-electron chi connectivity index (χ0n) is 13.0. The van der Waals surface area contributed by atoms with Crippen molar-refractivity contribution < 1.29 is 4.39 Å². The largest absolute Gasteiger partial charge is 0.383 e. The molecule has 7 heteroatoms. The topological polar surface area (TPSA) is 69.6 Å². The molecule has 0 aliphatic rings. The van der Waals surface area contributed by atoms with Gasteiger partial charge in [0.05, 0.1) is 18.1 Å². The van der Waals surface area contributed by atoms with Crippen molar-refractivity contribution in [3.8, 4) is 11.4 Å². The molecule has 0 bridgehead atoms. The SMILES string of the molecule is Nc1nc(-c2ccccc2)nc2c1cnn2Cc1cc(F)ccc1Br. The number of nitrogen functional groups attached to an aromatic ring is 1. The molecule has 124 valence electrons. The van der Waals surface area contributed by atoms with Crippen molar-refractivity contribution in [2.75, 3.05) is 5.73 Å². The van der Waals surface area contributed by atoms with Crippen molar-refractivity contribution in [2.45, 2.75) is 6.54 Å². The van der Waals surface area contributed by atoms with Gasteiger partial charge >= 0.3 is 0 Å². The van der Waals surface area contributed by atoms with E-state index in [1.165, 1.54) is 12.1 Å². The summed E-state index contributed by atoms with van der Waals surface area (Å²) in [4.78, 5) is 8.98. The number of aromatic nitrogens is 4. The van der Waals surface area contributed by atoms with Crippen LogP contribution in [0, 0.1) is 5.82 Å². The lowest BCUT2D eigenvalue weighted by Crippen LogP contribution is -2.05. The Morgan fingerprint density at radius 1 is 1.08 bits per heavy atom. The molecule has 0 fully saturated rings. The lowest BCUT2D eigenvalue weighted by Gasteiger charge is -2.08. The summed E-state index contributed by atoms with van der Waals surface area (Å²) < 4.78 is 16.0. The normalized spacial score (nSPS) is 11.1. The van der Waals surface area contributed by atoms with E-state index in [9.17, 15) is 4.39 Å². The lowest BCUT2D eigenvalue weighted by atomic mass is 10.2. The standard InChI is InChI=1S/C18H13BrFN5/c19-15-7-6-13(20)8-12(15)10-25-18-14(9-22-25)16(21)23-17(24-18)11-4-2-1-3-5-11/h1-9H,10H2,(H2,21,23,24). The minimum absolute atomic E-state index is 0.297. The first-order valence-corrected chi connectivity index (χ1v) is 8.39. The van der Waals surface area contributed by atoms with E-state index in [2.05, 4.69) is 31.0 Å². The molecule has 0 unspecified atom stereocenters. The van der Waals surface area contributed by atoms with Crippen LogP contribution >= 0.6 is 15.9 Å². The van der Waals surface area contributed by atoms with Crippen molar-refractivity contribution in [3.05, 3.63) is 70.6 Å². The summed E-state index contributed by atoms with van der Waals surface area (Å²) in [5, 5.41) is 5.02. The van der Waals surface area contributed by atoms with E-state index in [4.69, 9.17) is 5.73 Å². The van der Waals surface area contributed by atoms with Crippen molar-refractivity contribution >= 4 is 32.8 Å². The predicted molar refractivity (Wildman–Crippen MR) is 98.4 cm³/mol. The molecule has 2 aromatic carbocycles. The van der Waals surface area contributed by atoms with E-state index in [1.54, 1.807) is 16.9 Å². The molecule has 0 saturated heterocycles. The van der Waals surface area contributed by atoms with E-state index in [0.29, 0.717) is 29.2 Å². The van der Waals surface area contributed by atoms with Gasteiger partial charge in [0.15, 0.2) is 11.5 Å². The predicted octanol–water partition coefficient (Wildman–Crippen LogP) is 4.03. The van der Waals surface area contributed by atoms with E-state index < -0.39 is 0 Å². The highest BCUT2D eigenvalue weighted by molar-refractivity contribution is 9.10. The summed E-state index contributed by atoms with van der Waals surface area (Å²) in [6.07, 6.45) is 1.63. The van der Waals surface area contributed by atoms with Gasteiger partial charge < -0.3 is 5.73 Å². The summed E-state index contributed by atoms with van der Waals surface area (Å²) in [5.41, 5.74) is 8.33. The maximum Gasteiger partial charge on any atom is 0.164 e. The Morgan fingerprint density at radius 2 is 1.88 bits per heavy atom. The van der Waals surface area contributed by atoms with Crippen LogP contribution in [0.1, 0.15) is 5.56 Å². The molecule has 2 aromatic heterocycles. The highest BCUT2D eigenvalue weighted by Crippen LogP contribution is 2.25. The van der Waals surface area contributed by atoms with Crippen LogP contribution in [0.25, 0.3) is 22.4 Å². The van der Waals surface area contributed by atoms with Crippen LogP contribution in [0.3, 0.4) is 0 Å². The minimum atomic E-state index is -0.297. The summed E-state index contributed by atoms with van der Waals surface area (Å²) in [5.74, 6) is 0.604. The Morgan fingerprint density at radius 3 is 2.68 bits per heavy atom. The van der Waals surface area contributed by atoms with E-state index in [0.717, 1.165) is 15.6 Å². The van der Waals surface area contributed by atoms with Gasteiger partial charge in [-0.1, -0.05) is 46.3 Å². The molecule has 0 atom stereocenters. The molecule has 0 saturated carbocycles. The van der Waals surface area contributed by atoms with Crippen LogP contribution in [-0.2, 0) is 6.54 Å². The molecule has 2 heterocycles. The molecule has 0 radical (unpaired) electrons. The van der Waals surface area contributed by atoms with Crippen molar-refractivity contribution in [3.63, 3.8) is 0 Å². The number of fused-ring (bicyclic) bond motifs is 1. The van der Waals surface area contributed by atoms with Gasteiger partial charge in [0.1, 0.15) is 11.6 Å². The van der Waals surface area contributed by atoms with Gasteiger partial charge in [-0.2, -0.15) is 5.10 Å². The Hall–Kier alpha value is -2.80. The molecular formula is C18H13BrFN5. The number of rotatable bonds is 3. The van der Waals surface area contributed by atoms with Crippen LogP contribution in [-0.4, -0.2) is 19.7 Å². The smallest absolute Gasteiger partial charge is 0.164 e. The molecular weight excluding hydrogens is 385 g/mol. The fraction of sp³-hybridized carbons (Fsp3) is 0.0556. The molecule has 25 heavy (non-hydrogen) atoms. The minimum Gasteiger partial charge on any atom is -0.383 e. The van der Waals surface area contributed by atoms with E-state index >= 15 is 0 Å². The fourth-order valence-electron chi connectivity index (χ4n) is 2.64. The summed E-state index contributed by atoms with van der Waals surface area (Å²) in [7, 11) is 0. The van der Waals surface area contributed by atoms with E-state index in [1.807, 2.05) is 30.3 Å². The molecule has 0 spiro atoms. The van der Waals surface area contributed by atoms with Gasteiger partial charge in [0, 0.05) is 10.0 Å². The number of halogens is 2. The number of nitrogens with zero attached hydrogens (tertiary/aromatic N) is 4. The highest BCUT2D eigenvalue weighted by atomic mass is 79.9. The second kappa shape index (κ2) is 6.25. The first kappa shape index (κ1) is 15.7. The van der Waals surface area contributed by atoms with Crippen molar-refractivity contribution in [1.82, 2.24) is 19.7 Å². The van der Waals surface area contributed by atoms with Gasteiger partial charge in [0.25, 0.3) is 0 Å². The number of hydrogen-bond donors (Lipinski definition) is 1. The van der Waals surface area contributed by atoms with Crippen LogP contribution in [0.2, 0.25) is 0 Å². The molecule has 0 aliphatic carbocycles. The van der Waals surface area contributed by atoms with Gasteiger partial charge in [-0.25, -0.2) is 19.0 Å². The van der Waals surface area contributed by atoms with Crippen LogP contribution in [0.5, 0.6) is 0 Å². The first-order valence-electron chi connectivity index (χ1n) is 7.60. The van der Waals surface area contributed by atoms with Crippen LogP contribution in [0.15, 0.2) is 59.2 Å². The number of benzene rings is 2. The lowest BCUT2D eigenvalue weighted by molar-refractivity contribution is 0.620. The van der Waals surface area contributed by atoms with Crippen molar-refractivity contribution in [1.29, 1.82) is 0 Å². The number of nitrogens with two attached hydrogens (primary N) is 1. The van der Waals surface area contributed by atoms with Gasteiger partial charge in [-0.15, -0.1) is 0 Å². The quantitative estimate of drug-likeness (QED) is 0.566. The van der Waals surface area contributed by atoms with Crippen molar-refractivity contribution in [2.24, 2.45) is 0 Å². The summed E-state index contributed by atoms with van der Waals surface area (Å²) in [6, 6.07) is 14.2. The third-order valence-electron chi connectivity index (χ3n) is 3.89.